The highest BCUT2D eigenvalue weighted by atomic mass is 16.4. The first kappa shape index (κ1) is 17.7. The van der Waals surface area contributed by atoms with Gasteiger partial charge in [0.2, 0.25) is 11.8 Å². The molecule has 0 saturated carbocycles. The Labute approximate surface area is 129 Å². The SMILES string of the molecule is CC(C)(C)C(=O)NCCC(=O)NC(C(=O)O)c1ccccc1. The van der Waals surface area contributed by atoms with E-state index in [9.17, 15) is 19.5 Å². The van der Waals surface area contributed by atoms with Crippen LogP contribution in [-0.4, -0.2) is 29.4 Å². The monoisotopic (exact) mass is 306 g/mol. The molecule has 6 heteroatoms. The summed E-state index contributed by atoms with van der Waals surface area (Å²) in [5.41, 5.74) is -0.0218. The van der Waals surface area contributed by atoms with Gasteiger partial charge in [0.1, 0.15) is 0 Å². The van der Waals surface area contributed by atoms with Crippen LogP contribution in [0.3, 0.4) is 0 Å². The van der Waals surface area contributed by atoms with E-state index in [2.05, 4.69) is 10.6 Å². The van der Waals surface area contributed by atoms with Crippen LogP contribution in [0.5, 0.6) is 0 Å². The van der Waals surface area contributed by atoms with E-state index in [1.807, 2.05) is 0 Å². The maximum absolute atomic E-state index is 11.8. The number of rotatable bonds is 6. The number of amides is 2. The molecule has 0 aliphatic carbocycles. The van der Waals surface area contributed by atoms with E-state index in [0.29, 0.717) is 5.56 Å². The Kier molecular flexibility index (Phi) is 6.10. The molecule has 0 bridgehead atoms. The van der Waals surface area contributed by atoms with Crippen molar-refractivity contribution in [3.8, 4) is 0 Å². The van der Waals surface area contributed by atoms with Crippen LogP contribution in [0.1, 0.15) is 38.8 Å². The third-order valence-corrected chi connectivity index (χ3v) is 3.00. The molecule has 0 aliphatic rings. The molecule has 0 aromatic heterocycles. The fourth-order valence-electron chi connectivity index (χ4n) is 1.72. The van der Waals surface area contributed by atoms with Crippen LogP contribution < -0.4 is 10.6 Å². The number of hydrogen-bond acceptors (Lipinski definition) is 3. The Morgan fingerprint density at radius 3 is 2.23 bits per heavy atom. The van der Waals surface area contributed by atoms with Gasteiger partial charge in [-0.05, 0) is 5.56 Å². The first-order valence-corrected chi connectivity index (χ1v) is 7.07. The third-order valence-electron chi connectivity index (χ3n) is 3.00. The number of aliphatic carboxylic acids is 1. The van der Waals surface area contributed by atoms with Gasteiger partial charge in [0.15, 0.2) is 6.04 Å². The molecule has 1 atom stereocenters. The summed E-state index contributed by atoms with van der Waals surface area (Å²) >= 11 is 0. The van der Waals surface area contributed by atoms with Gasteiger partial charge in [-0.15, -0.1) is 0 Å². The molecule has 1 aromatic carbocycles. The molecule has 0 radical (unpaired) electrons. The van der Waals surface area contributed by atoms with Gasteiger partial charge in [0, 0.05) is 18.4 Å². The van der Waals surface area contributed by atoms with Crippen molar-refractivity contribution in [2.45, 2.75) is 33.2 Å². The van der Waals surface area contributed by atoms with E-state index in [1.54, 1.807) is 51.1 Å². The number of nitrogens with one attached hydrogen (secondary N) is 2. The Morgan fingerprint density at radius 1 is 1.14 bits per heavy atom. The highest BCUT2D eigenvalue weighted by molar-refractivity contribution is 5.85. The van der Waals surface area contributed by atoms with Gasteiger partial charge in [-0.1, -0.05) is 51.1 Å². The molecular formula is C16H22N2O4. The summed E-state index contributed by atoms with van der Waals surface area (Å²) < 4.78 is 0. The molecule has 120 valence electrons. The summed E-state index contributed by atoms with van der Waals surface area (Å²) in [5, 5.41) is 14.3. The van der Waals surface area contributed by atoms with Crippen molar-refractivity contribution < 1.29 is 19.5 Å². The maximum atomic E-state index is 11.8. The zero-order valence-corrected chi connectivity index (χ0v) is 13.1. The molecule has 0 spiro atoms. The summed E-state index contributed by atoms with van der Waals surface area (Å²) in [7, 11) is 0. The normalized spacial score (nSPS) is 12.3. The molecule has 1 unspecified atom stereocenters. The molecule has 0 heterocycles. The highest BCUT2D eigenvalue weighted by Gasteiger charge is 2.23. The lowest BCUT2D eigenvalue weighted by Gasteiger charge is -2.18. The quantitative estimate of drug-likeness (QED) is 0.742. The minimum Gasteiger partial charge on any atom is -0.479 e. The Hall–Kier alpha value is -2.37. The van der Waals surface area contributed by atoms with Crippen LogP contribution >= 0.6 is 0 Å². The second-order valence-electron chi connectivity index (χ2n) is 6.01. The molecule has 2 amide bonds. The number of carbonyl (C=O) groups is 3. The van der Waals surface area contributed by atoms with Gasteiger partial charge in [0.05, 0.1) is 0 Å². The van der Waals surface area contributed by atoms with Crippen LogP contribution in [0, 0.1) is 5.41 Å². The molecule has 6 nitrogen and oxygen atoms in total. The number of carboxylic acids is 1. The lowest BCUT2D eigenvalue weighted by atomic mass is 9.96. The molecule has 1 rings (SSSR count). The summed E-state index contributed by atoms with van der Waals surface area (Å²) in [6.07, 6.45) is 0.0262. The van der Waals surface area contributed by atoms with Crippen LogP contribution in [0.25, 0.3) is 0 Å². The number of benzene rings is 1. The zero-order valence-electron chi connectivity index (χ0n) is 13.1. The van der Waals surface area contributed by atoms with Crippen molar-refractivity contribution in [2.75, 3.05) is 6.54 Å². The highest BCUT2D eigenvalue weighted by Crippen LogP contribution is 2.13. The van der Waals surface area contributed by atoms with Gasteiger partial charge in [-0.2, -0.15) is 0 Å². The van der Waals surface area contributed by atoms with E-state index in [1.165, 1.54) is 0 Å². The van der Waals surface area contributed by atoms with Crippen LogP contribution in [0.15, 0.2) is 30.3 Å². The van der Waals surface area contributed by atoms with Gasteiger partial charge in [-0.25, -0.2) is 4.79 Å². The number of carboxylic acid groups (broad SMARTS) is 1. The fourth-order valence-corrected chi connectivity index (χ4v) is 1.72. The lowest BCUT2D eigenvalue weighted by Crippen LogP contribution is -2.39. The van der Waals surface area contributed by atoms with Gasteiger partial charge in [-0.3, -0.25) is 9.59 Å². The Morgan fingerprint density at radius 2 is 1.73 bits per heavy atom. The topological polar surface area (TPSA) is 95.5 Å². The summed E-state index contributed by atoms with van der Waals surface area (Å²) in [6.45, 7) is 5.50. The van der Waals surface area contributed by atoms with E-state index >= 15 is 0 Å². The molecule has 0 saturated heterocycles. The molecular weight excluding hydrogens is 284 g/mol. The first-order valence-electron chi connectivity index (χ1n) is 7.07. The molecule has 0 fully saturated rings. The van der Waals surface area contributed by atoms with Crippen LogP contribution in [0.4, 0.5) is 0 Å². The number of hydrogen-bond donors (Lipinski definition) is 3. The van der Waals surface area contributed by atoms with E-state index < -0.39 is 23.3 Å². The largest absolute Gasteiger partial charge is 0.479 e. The van der Waals surface area contributed by atoms with Crippen LogP contribution in [0.2, 0.25) is 0 Å². The molecule has 22 heavy (non-hydrogen) atoms. The minimum absolute atomic E-state index is 0.0262. The second kappa shape index (κ2) is 7.59. The standard InChI is InChI=1S/C16H22N2O4/c1-16(2,3)15(22)17-10-9-12(19)18-13(14(20)21)11-7-5-4-6-8-11/h4-8,13H,9-10H2,1-3H3,(H,17,22)(H,18,19)(H,20,21). The molecule has 3 N–H and O–H groups in total. The minimum atomic E-state index is -1.13. The Bertz CT molecular complexity index is 535. The predicted octanol–water partition coefficient (Wildman–Crippen LogP) is 1.48. The van der Waals surface area contributed by atoms with Crippen molar-refractivity contribution in [1.29, 1.82) is 0 Å². The molecule has 0 aliphatic heterocycles. The first-order chi connectivity index (χ1) is 10.2. The van der Waals surface area contributed by atoms with E-state index in [-0.39, 0.29) is 18.9 Å². The third kappa shape index (κ3) is 5.55. The predicted molar refractivity (Wildman–Crippen MR) is 82.0 cm³/mol. The van der Waals surface area contributed by atoms with Gasteiger partial charge < -0.3 is 15.7 Å². The van der Waals surface area contributed by atoms with E-state index in [0.717, 1.165) is 0 Å². The summed E-state index contributed by atoms with van der Waals surface area (Å²) in [5.74, 6) is -1.71. The van der Waals surface area contributed by atoms with Crippen molar-refractivity contribution >= 4 is 17.8 Å². The van der Waals surface area contributed by atoms with Crippen molar-refractivity contribution in [3.05, 3.63) is 35.9 Å². The summed E-state index contributed by atoms with van der Waals surface area (Å²) in [4.78, 5) is 34.8. The summed E-state index contributed by atoms with van der Waals surface area (Å²) in [6, 6.07) is 7.38. The second-order valence-corrected chi connectivity index (χ2v) is 6.01. The average Bonchev–Trinajstić information content (AvgIpc) is 2.44. The zero-order chi connectivity index (χ0) is 16.8. The lowest BCUT2D eigenvalue weighted by molar-refractivity contribution is -0.142. The maximum Gasteiger partial charge on any atom is 0.330 e. The smallest absolute Gasteiger partial charge is 0.330 e. The Balaban J connectivity index is 2.52. The fraction of sp³-hybridized carbons (Fsp3) is 0.438. The van der Waals surface area contributed by atoms with Crippen LogP contribution in [-0.2, 0) is 14.4 Å². The average molecular weight is 306 g/mol. The van der Waals surface area contributed by atoms with Gasteiger partial charge in [0.25, 0.3) is 0 Å². The van der Waals surface area contributed by atoms with Crippen molar-refractivity contribution in [3.63, 3.8) is 0 Å². The van der Waals surface area contributed by atoms with E-state index in [4.69, 9.17) is 0 Å². The molecule has 1 aromatic rings. The number of carbonyl (C=O) groups excluding carboxylic acids is 2. The van der Waals surface area contributed by atoms with Crippen molar-refractivity contribution in [2.24, 2.45) is 5.41 Å². The van der Waals surface area contributed by atoms with Crippen molar-refractivity contribution in [1.82, 2.24) is 10.6 Å². The van der Waals surface area contributed by atoms with Gasteiger partial charge >= 0.3 is 5.97 Å².